The molecular weight excluding hydrogens is 359 g/mol. The van der Waals surface area contributed by atoms with Crippen LogP contribution in [0.15, 0.2) is 30.3 Å². The molecule has 0 spiro atoms. The maximum Gasteiger partial charge on any atom is 0.228 e. The van der Waals surface area contributed by atoms with Crippen LogP contribution in [0.4, 0.5) is 10.1 Å². The summed E-state index contributed by atoms with van der Waals surface area (Å²) in [5, 5.41) is 3.87. The van der Waals surface area contributed by atoms with Crippen LogP contribution < -0.4 is 14.8 Å². The quantitative estimate of drug-likeness (QED) is 0.690. The Hall–Kier alpha value is -2.73. The van der Waals surface area contributed by atoms with Gasteiger partial charge in [-0.05, 0) is 30.7 Å². The highest BCUT2D eigenvalue weighted by Crippen LogP contribution is 2.36. The van der Waals surface area contributed by atoms with Crippen LogP contribution in [0.2, 0.25) is 5.02 Å². The summed E-state index contributed by atoms with van der Waals surface area (Å²) in [6.45, 7) is 1.85. The molecule has 5 nitrogen and oxygen atoms in total. The van der Waals surface area contributed by atoms with Gasteiger partial charge in [-0.1, -0.05) is 11.6 Å². The van der Waals surface area contributed by atoms with Crippen LogP contribution in [0, 0.1) is 12.7 Å². The molecule has 0 saturated heterocycles. The highest BCUT2D eigenvalue weighted by Gasteiger charge is 2.16. The number of benzene rings is 2. The molecule has 0 aliphatic rings. The maximum atomic E-state index is 13.6. The number of aryl methyl sites for hydroxylation is 1. The lowest BCUT2D eigenvalue weighted by Crippen LogP contribution is -2.15. The Balaban J connectivity index is 1.88. The summed E-state index contributed by atoms with van der Waals surface area (Å²) in [5.74, 6) is 0.238. The van der Waals surface area contributed by atoms with Gasteiger partial charge in [0.1, 0.15) is 17.3 Å². The largest absolute Gasteiger partial charge is 0.495 e. The molecule has 1 amide bonds. The Labute approximate surface area is 155 Å². The van der Waals surface area contributed by atoms with Crippen LogP contribution in [-0.4, -0.2) is 25.1 Å². The van der Waals surface area contributed by atoms with Crippen LogP contribution in [0.25, 0.3) is 10.9 Å². The molecule has 7 heteroatoms. The van der Waals surface area contributed by atoms with E-state index >= 15 is 0 Å². The molecule has 3 aromatic rings. The van der Waals surface area contributed by atoms with Gasteiger partial charge in [0.25, 0.3) is 0 Å². The summed E-state index contributed by atoms with van der Waals surface area (Å²) in [5.41, 5.74) is 2.80. The normalized spacial score (nSPS) is 10.8. The second kappa shape index (κ2) is 7.25. The van der Waals surface area contributed by atoms with E-state index in [2.05, 4.69) is 10.3 Å². The minimum atomic E-state index is -0.345. The third-order valence-electron chi connectivity index (χ3n) is 4.17. The van der Waals surface area contributed by atoms with Crippen molar-refractivity contribution in [2.75, 3.05) is 19.5 Å². The summed E-state index contributed by atoms with van der Waals surface area (Å²) in [6, 6.07) is 7.63. The molecule has 0 unspecified atom stereocenters. The lowest BCUT2D eigenvalue weighted by atomic mass is 10.1. The van der Waals surface area contributed by atoms with E-state index in [4.69, 9.17) is 21.1 Å². The fraction of sp³-hybridized carbons (Fsp3) is 0.211. The topological polar surface area (TPSA) is 63.3 Å². The predicted molar refractivity (Wildman–Crippen MR) is 99.9 cm³/mol. The van der Waals surface area contributed by atoms with Crippen molar-refractivity contribution in [3.8, 4) is 11.5 Å². The number of methoxy groups -OCH3 is 2. The molecule has 2 aromatic carbocycles. The zero-order chi connectivity index (χ0) is 18.8. The number of carbonyl (C=O) groups is 1. The molecule has 3 rings (SSSR count). The number of hydrogen-bond acceptors (Lipinski definition) is 3. The molecule has 0 saturated carbocycles. The van der Waals surface area contributed by atoms with Gasteiger partial charge in [-0.15, -0.1) is 0 Å². The van der Waals surface area contributed by atoms with Gasteiger partial charge < -0.3 is 19.8 Å². The Bertz CT molecular complexity index is 985. The van der Waals surface area contributed by atoms with Crippen molar-refractivity contribution < 1.29 is 18.7 Å². The van der Waals surface area contributed by atoms with E-state index in [1.807, 2.05) is 6.92 Å². The first-order valence-electron chi connectivity index (χ1n) is 7.91. The van der Waals surface area contributed by atoms with E-state index in [1.165, 1.54) is 26.4 Å². The van der Waals surface area contributed by atoms with Gasteiger partial charge in [0.05, 0.1) is 31.4 Å². The number of nitrogens with one attached hydrogen (secondary N) is 2. The molecule has 0 fully saturated rings. The van der Waals surface area contributed by atoms with Gasteiger partial charge in [0, 0.05) is 28.7 Å². The number of aromatic amines is 1. The number of aromatic nitrogens is 1. The molecule has 2 N–H and O–H groups in total. The Morgan fingerprint density at radius 2 is 1.92 bits per heavy atom. The molecule has 1 heterocycles. The van der Waals surface area contributed by atoms with Crippen LogP contribution >= 0.6 is 11.6 Å². The lowest BCUT2D eigenvalue weighted by molar-refractivity contribution is -0.115. The van der Waals surface area contributed by atoms with Crippen molar-refractivity contribution in [3.05, 3.63) is 52.4 Å². The average Bonchev–Trinajstić information content (AvgIpc) is 2.91. The van der Waals surface area contributed by atoms with Gasteiger partial charge >= 0.3 is 0 Å². The number of amides is 1. The van der Waals surface area contributed by atoms with Gasteiger partial charge in [-0.2, -0.15) is 0 Å². The number of halogens is 2. The third kappa shape index (κ3) is 3.46. The Kier molecular flexibility index (Phi) is 5.04. The maximum absolute atomic E-state index is 13.6. The number of fused-ring (bicyclic) bond motifs is 1. The zero-order valence-corrected chi connectivity index (χ0v) is 15.3. The number of rotatable bonds is 5. The molecule has 136 valence electrons. The summed E-state index contributed by atoms with van der Waals surface area (Å²) in [4.78, 5) is 15.7. The second-order valence-corrected chi connectivity index (χ2v) is 6.24. The highest BCUT2D eigenvalue weighted by atomic mass is 35.5. The van der Waals surface area contributed by atoms with Crippen LogP contribution in [0.1, 0.15) is 11.3 Å². The Morgan fingerprint density at radius 3 is 2.62 bits per heavy atom. The van der Waals surface area contributed by atoms with Crippen LogP contribution in [0.5, 0.6) is 11.5 Å². The SMILES string of the molecule is COc1cc(NC(=O)Cc2c(C)[nH]c3ccc(F)cc23)c(OC)cc1Cl. The number of hydrogen-bond donors (Lipinski definition) is 2. The molecule has 1 aromatic heterocycles. The van der Waals surface area contributed by atoms with Crippen LogP contribution in [-0.2, 0) is 11.2 Å². The molecule has 26 heavy (non-hydrogen) atoms. The van der Waals surface area contributed by atoms with Crippen molar-refractivity contribution in [2.45, 2.75) is 13.3 Å². The van der Waals surface area contributed by atoms with Crippen molar-refractivity contribution in [1.82, 2.24) is 4.98 Å². The van der Waals surface area contributed by atoms with Gasteiger partial charge in [-0.3, -0.25) is 4.79 Å². The lowest BCUT2D eigenvalue weighted by Gasteiger charge is -2.13. The van der Waals surface area contributed by atoms with E-state index < -0.39 is 0 Å². The minimum absolute atomic E-state index is 0.0867. The van der Waals surface area contributed by atoms with Gasteiger partial charge in [-0.25, -0.2) is 4.39 Å². The molecule has 0 bridgehead atoms. The molecule has 0 aliphatic heterocycles. The fourth-order valence-corrected chi connectivity index (χ4v) is 3.13. The molecular formula is C19H18ClFN2O3. The number of anilines is 1. The van der Waals surface area contributed by atoms with Gasteiger partial charge in [0.2, 0.25) is 5.91 Å². The first kappa shape index (κ1) is 18.1. The Morgan fingerprint density at radius 1 is 1.19 bits per heavy atom. The highest BCUT2D eigenvalue weighted by molar-refractivity contribution is 6.32. The number of ether oxygens (including phenoxy) is 2. The number of carbonyl (C=O) groups excluding carboxylic acids is 1. The van der Waals surface area contributed by atoms with Crippen molar-refractivity contribution in [3.63, 3.8) is 0 Å². The molecule has 0 atom stereocenters. The van der Waals surface area contributed by atoms with Crippen LogP contribution in [0.3, 0.4) is 0 Å². The predicted octanol–water partition coefficient (Wildman–Crippen LogP) is 4.47. The van der Waals surface area contributed by atoms with E-state index in [0.717, 1.165) is 16.8 Å². The summed E-state index contributed by atoms with van der Waals surface area (Å²) in [7, 11) is 2.98. The van der Waals surface area contributed by atoms with E-state index in [0.29, 0.717) is 27.6 Å². The molecule has 0 aliphatic carbocycles. The third-order valence-corrected chi connectivity index (χ3v) is 4.46. The van der Waals surface area contributed by atoms with Crippen molar-refractivity contribution >= 4 is 34.1 Å². The number of H-pyrrole nitrogens is 1. The zero-order valence-electron chi connectivity index (χ0n) is 14.6. The second-order valence-electron chi connectivity index (χ2n) is 5.83. The summed E-state index contributed by atoms with van der Waals surface area (Å²) >= 11 is 6.08. The van der Waals surface area contributed by atoms with E-state index in [1.54, 1.807) is 18.2 Å². The van der Waals surface area contributed by atoms with Crippen molar-refractivity contribution in [2.24, 2.45) is 0 Å². The smallest absolute Gasteiger partial charge is 0.228 e. The monoisotopic (exact) mass is 376 g/mol. The first-order valence-corrected chi connectivity index (χ1v) is 8.28. The van der Waals surface area contributed by atoms with E-state index in [9.17, 15) is 9.18 Å². The summed E-state index contributed by atoms with van der Waals surface area (Å²) < 4.78 is 24.0. The molecule has 0 radical (unpaired) electrons. The van der Waals surface area contributed by atoms with Crippen molar-refractivity contribution in [1.29, 1.82) is 0 Å². The summed E-state index contributed by atoms with van der Waals surface area (Å²) in [6.07, 6.45) is 0.0867. The van der Waals surface area contributed by atoms with E-state index in [-0.39, 0.29) is 18.1 Å². The fourth-order valence-electron chi connectivity index (χ4n) is 2.90. The minimum Gasteiger partial charge on any atom is -0.495 e. The average molecular weight is 377 g/mol. The standard InChI is InChI=1S/C19H18ClFN2O3/c1-10-12(13-6-11(21)4-5-15(13)22-10)7-19(24)23-16-9-17(25-2)14(20)8-18(16)26-3/h4-6,8-9,22H,7H2,1-3H3,(H,23,24). The first-order chi connectivity index (χ1) is 12.4. The van der Waals surface area contributed by atoms with Gasteiger partial charge in [0.15, 0.2) is 0 Å².